The number of ether oxygens (including phenoxy) is 2. The second-order valence-corrected chi connectivity index (χ2v) is 10.3. The summed E-state index contributed by atoms with van der Waals surface area (Å²) >= 11 is 0. The number of halogens is 6. The van der Waals surface area contributed by atoms with Gasteiger partial charge in [-0.2, -0.15) is 26.3 Å². The molecule has 1 heterocycles. The normalized spacial score (nSPS) is 11.4. The smallest absolute Gasteiger partial charge is 0.433 e. The zero-order valence-electron chi connectivity index (χ0n) is 25.3. The lowest BCUT2D eigenvalue weighted by atomic mass is 10.0. The summed E-state index contributed by atoms with van der Waals surface area (Å²) in [7, 11) is 1.21. The summed E-state index contributed by atoms with van der Waals surface area (Å²) in [5.74, 6) is -4.02. The van der Waals surface area contributed by atoms with Gasteiger partial charge < -0.3 is 24.8 Å². The van der Waals surface area contributed by atoms with Crippen LogP contribution in [0, 0.1) is 0 Å². The molecule has 0 aliphatic heterocycles. The molecule has 0 saturated heterocycles. The van der Waals surface area contributed by atoms with Gasteiger partial charge in [-0.3, -0.25) is 14.4 Å². The number of rotatable bonds is 11. The van der Waals surface area contributed by atoms with E-state index >= 15 is 0 Å². The van der Waals surface area contributed by atoms with Crippen LogP contribution >= 0.6 is 0 Å². The van der Waals surface area contributed by atoms with Crippen molar-refractivity contribution in [2.45, 2.75) is 25.3 Å². The summed E-state index contributed by atoms with van der Waals surface area (Å²) < 4.78 is 89.2. The highest BCUT2D eigenvalue weighted by Gasteiger charge is 2.35. The predicted octanol–water partition coefficient (Wildman–Crippen LogP) is 6.26. The maximum Gasteiger partial charge on any atom is 0.433 e. The molecule has 2 N–H and O–H groups in total. The molecule has 0 bridgehead atoms. The second kappa shape index (κ2) is 14.9. The Morgan fingerprint density at radius 1 is 0.837 bits per heavy atom. The van der Waals surface area contributed by atoms with E-state index in [1.807, 2.05) is 0 Å². The Bertz CT molecular complexity index is 1840. The fraction of sp³-hybridized carbons (Fsp3) is 0.182. The first-order valence-corrected chi connectivity index (χ1v) is 14.0. The summed E-state index contributed by atoms with van der Waals surface area (Å²) in [5.41, 5.74) is -2.53. The summed E-state index contributed by atoms with van der Waals surface area (Å²) in [6, 6.07) is 16.6. The molecule has 0 unspecified atom stereocenters. The average Bonchev–Trinajstić information content (AvgIpc) is 3.04. The molecule has 0 aliphatic rings. The average molecular weight is 690 g/mol. The number of nitrogens with zero attached hydrogens (tertiary/aromatic N) is 2. The van der Waals surface area contributed by atoms with Crippen molar-refractivity contribution in [2.75, 3.05) is 19.0 Å². The molecule has 256 valence electrons. The molecule has 0 fully saturated rings. The standard InChI is InChI=1S/C33H25F6N3O7/c1-48-24-14-9-21(25(16-24)32(34,35)36)15-28(43)40-22-10-7-20(8-11-22)30(46)42(18-29(44)45)17-19-5-12-23(13-6-19)49-31(47)26-3-2-4-27(41-26)33(37,38)39/h2-14,16H,15,17-18H2,1H3,(H,40,43)(H,44,45). The number of aromatic nitrogens is 1. The maximum absolute atomic E-state index is 13.5. The van der Waals surface area contributed by atoms with Crippen molar-refractivity contribution in [3.05, 3.63) is 119 Å². The van der Waals surface area contributed by atoms with Gasteiger partial charge in [0.25, 0.3) is 5.91 Å². The summed E-state index contributed by atoms with van der Waals surface area (Å²) in [4.78, 5) is 53.9. The van der Waals surface area contributed by atoms with Crippen LogP contribution in [0.1, 0.15) is 43.2 Å². The van der Waals surface area contributed by atoms with Crippen molar-refractivity contribution < 1.29 is 60.1 Å². The highest BCUT2D eigenvalue weighted by Crippen LogP contribution is 2.35. The number of esters is 1. The molecule has 3 aromatic carbocycles. The molecule has 0 saturated carbocycles. The van der Waals surface area contributed by atoms with E-state index in [1.165, 1.54) is 61.7 Å². The van der Waals surface area contributed by atoms with Crippen LogP contribution in [0.15, 0.2) is 84.9 Å². The number of alkyl halides is 6. The van der Waals surface area contributed by atoms with E-state index in [0.29, 0.717) is 11.6 Å². The van der Waals surface area contributed by atoms with E-state index in [4.69, 9.17) is 9.47 Å². The highest BCUT2D eigenvalue weighted by molar-refractivity contribution is 5.97. The molecule has 0 aliphatic carbocycles. The third kappa shape index (κ3) is 9.79. The number of hydrogen-bond donors (Lipinski definition) is 2. The van der Waals surface area contributed by atoms with E-state index in [0.717, 1.165) is 29.2 Å². The van der Waals surface area contributed by atoms with Gasteiger partial charge in [-0.05, 0) is 71.8 Å². The maximum atomic E-state index is 13.5. The number of carboxylic acid groups (broad SMARTS) is 1. The van der Waals surface area contributed by atoms with Gasteiger partial charge in [-0.1, -0.05) is 24.3 Å². The molecule has 1 aromatic heterocycles. The van der Waals surface area contributed by atoms with Gasteiger partial charge in [0.05, 0.1) is 19.1 Å². The fourth-order valence-corrected chi connectivity index (χ4v) is 4.47. The van der Waals surface area contributed by atoms with Crippen LogP contribution in [0.5, 0.6) is 11.5 Å². The zero-order valence-corrected chi connectivity index (χ0v) is 25.3. The van der Waals surface area contributed by atoms with Crippen LogP contribution in [-0.4, -0.2) is 52.4 Å². The van der Waals surface area contributed by atoms with Crippen molar-refractivity contribution in [3.63, 3.8) is 0 Å². The first-order chi connectivity index (χ1) is 23.0. The zero-order chi connectivity index (χ0) is 35.9. The molecule has 4 rings (SSSR count). The monoisotopic (exact) mass is 689 g/mol. The molecule has 10 nitrogen and oxygen atoms in total. The van der Waals surface area contributed by atoms with Gasteiger partial charge in [0.1, 0.15) is 29.4 Å². The van der Waals surface area contributed by atoms with Crippen LogP contribution in [0.2, 0.25) is 0 Å². The van der Waals surface area contributed by atoms with Gasteiger partial charge >= 0.3 is 24.3 Å². The quantitative estimate of drug-likeness (QED) is 0.107. The lowest BCUT2D eigenvalue weighted by Gasteiger charge is -2.21. The lowest BCUT2D eigenvalue weighted by molar-refractivity contribution is -0.141. The van der Waals surface area contributed by atoms with Crippen molar-refractivity contribution in [3.8, 4) is 11.5 Å². The molecule has 0 radical (unpaired) electrons. The largest absolute Gasteiger partial charge is 0.497 e. The number of aliphatic carboxylic acids is 1. The van der Waals surface area contributed by atoms with Crippen molar-refractivity contribution in [1.29, 1.82) is 0 Å². The molecule has 2 amide bonds. The number of nitrogens with one attached hydrogen (secondary N) is 1. The van der Waals surface area contributed by atoms with E-state index in [9.17, 15) is 50.6 Å². The van der Waals surface area contributed by atoms with Crippen LogP contribution in [0.4, 0.5) is 32.0 Å². The number of pyridine rings is 1. The van der Waals surface area contributed by atoms with E-state index in [1.54, 1.807) is 0 Å². The molecule has 4 aromatic rings. The third-order valence-corrected chi connectivity index (χ3v) is 6.76. The SMILES string of the molecule is COc1ccc(CC(=O)Nc2ccc(C(=O)N(CC(=O)O)Cc3ccc(OC(=O)c4cccc(C(F)(F)F)n4)cc3)cc2)c(C(F)(F)F)c1. The Balaban J connectivity index is 1.40. The van der Waals surface area contributed by atoms with Crippen molar-refractivity contribution >= 4 is 29.4 Å². The van der Waals surface area contributed by atoms with Gasteiger partial charge in [0.15, 0.2) is 0 Å². The number of hydrogen-bond acceptors (Lipinski definition) is 7. The first-order valence-electron chi connectivity index (χ1n) is 14.0. The summed E-state index contributed by atoms with van der Waals surface area (Å²) in [6.07, 6.45) is -10.1. The number of amides is 2. The minimum atomic E-state index is -4.76. The minimum Gasteiger partial charge on any atom is -0.497 e. The van der Waals surface area contributed by atoms with Gasteiger partial charge in [0.2, 0.25) is 5.91 Å². The number of carbonyl (C=O) groups excluding carboxylic acids is 3. The number of anilines is 1. The van der Waals surface area contributed by atoms with Crippen molar-refractivity contribution in [2.24, 2.45) is 0 Å². The molecular formula is C33H25F6N3O7. The van der Waals surface area contributed by atoms with E-state index in [-0.39, 0.29) is 34.9 Å². The molecular weight excluding hydrogens is 664 g/mol. The topological polar surface area (TPSA) is 135 Å². The van der Waals surface area contributed by atoms with E-state index in [2.05, 4.69) is 10.3 Å². The Kier molecular flexibility index (Phi) is 10.9. The van der Waals surface area contributed by atoms with Crippen LogP contribution in [0.3, 0.4) is 0 Å². The van der Waals surface area contributed by atoms with Crippen LogP contribution in [0.25, 0.3) is 0 Å². The number of methoxy groups -OCH3 is 1. The van der Waals surface area contributed by atoms with Crippen LogP contribution < -0.4 is 14.8 Å². The van der Waals surface area contributed by atoms with E-state index < -0.39 is 66.0 Å². The molecule has 49 heavy (non-hydrogen) atoms. The fourth-order valence-electron chi connectivity index (χ4n) is 4.47. The first kappa shape index (κ1) is 35.9. The number of benzene rings is 3. The van der Waals surface area contributed by atoms with Crippen LogP contribution in [-0.2, 0) is 34.9 Å². The Hall–Kier alpha value is -5.93. The summed E-state index contributed by atoms with van der Waals surface area (Å²) in [5, 5.41) is 11.8. The Labute approximate surface area is 273 Å². The van der Waals surface area contributed by atoms with Gasteiger partial charge in [-0.25, -0.2) is 9.78 Å². The molecule has 0 spiro atoms. The number of carboxylic acids is 1. The predicted molar refractivity (Wildman–Crippen MR) is 160 cm³/mol. The second-order valence-electron chi connectivity index (χ2n) is 10.3. The molecule has 0 atom stereocenters. The number of carbonyl (C=O) groups is 4. The van der Waals surface area contributed by atoms with Crippen molar-refractivity contribution in [1.82, 2.24) is 9.88 Å². The third-order valence-electron chi connectivity index (χ3n) is 6.76. The van der Waals surface area contributed by atoms with Gasteiger partial charge in [0, 0.05) is 17.8 Å². The Morgan fingerprint density at radius 3 is 2.08 bits per heavy atom. The highest BCUT2D eigenvalue weighted by atomic mass is 19.4. The van der Waals surface area contributed by atoms with Gasteiger partial charge in [-0.15, -0.1) is 0 Å². The molecule has 16 heteroatoms. The Morgan fingerprint density at radius 2 is 1.49 bits per heavy atom. The lowest BCUT2D eigenvalue weighted by Crippen LogP contribution is -2.35. The summed E-state index contributed by atoms with van der Waals surface area (Å²) in [6.45, 7) is -0.922. The minimum absolute atomic E-state index is 0.0264.